The summed E-state index contributed by atoms with van der Waals surface area (Å²) in [7, 11) is 3.29. The lowest BCUT2D eigenvalue weighted by molar-refractivity contribution is 0.354. The molecule has 0 saturated heterocycles. The summed E-state index contributed by atoms with van der Waals surface area (Å²) in [5.74, 6) is 2.37. The number of hydrogen-bond acceptors (Lipinski definition) is 5. The zero-order valence-corrected chi connectivity index (χ0v) is 18.8. The molecule has 0 fully saturated rings. The van der Waals surface area contributed by atoms with E-state index in [0.717, 1.165) is 64.0 Å². The monoisotopic (exact) mass is 436 g/mol. The van der Waals surface area contributed by atoms with Crippen molar-refractivity contribution in [2.75, 3.05) is 26.1 Å². The Hall–Kier alpha value is -3.25. The summed E-state index contributed by atoms with van der Waals surface area (Å²) in [5, 5.41) is 9.06. The minimum absolute atomic E-state index is 0.705. The third-order valence-electron chi connectivity index (χ3n) is 5.23. The number of hydrogen-bond donors (Lipinski definition) is 1. The first kappa shape index (κ1) is 21.0. The van der Waals surface area contributed by atoms with Crippen LogP contribution in [-0.2, 0) is 6.42 Å². The molecular weight excluding hydrogens is 412 g/mol. The second-order valence-corrected chi connectivity index (χ2v) is 7.80. The van der Waals surface area contributed by atoms with Crippen LogP contribution in [0.5, 0.6) is 11.5 Å². The fourth-order valence-corrected chi connectivity index (χ4v) is 3.75. The highest BCUT2D eigenvalue weighted by atomic mass is 35.5. The molecule has 0 aliphatic heterocycles. The van der Waals surface area contributed by atoms with E-state index < -0.39 is 0 Å². The van der Waals surface area contributed by atoms with Crippen LogP contribution in [0.1, 0.15) is 16.8 Å². The van der Waals surface area contributed by atoms with Crippen LogP contribution in [0.15, 0.2) is 48.5 Å². The first-order chi connectivity index (χ1) is 15.0. The Kier molecular flexibility index (Phi) is 6.00. The summed E-state index contributed by atoms with van der Waals surface area (Å²) in [6.45, 7) is 4.78. The number of aromatic nitrogens is 3. The molecule has 4 rings (SSSR count). The van der Waals surface area contributed by atoms with Crippen LogP contribution < -0.4 is 14.8 Å². The minimum atomic E-state index is 0.705. The maximum Gasteiger partial charge on any atom is 0.161 e. The molecule has 0 unspecified atom stereocenters. The third kappa shape index (κ3) is 4.30. The van der Waals surface area contributed by atoms with Crippen molar-refractivity contribution in [2.45, 2.75) is 20.3 Å². The molecule has 0 aliphatic carbocycles. The molecule has 160 valence electrons. The maximum atomic E-state index is 6.04. The third-order valence-corrected chi connectivity index (χ3v) is 5.48. The smallest absolute Gasteiger partial charge is 0.161 e. The predicted molar refractivity (Wildman–Crippen MR) is 125 cm³/mol. The largest absolute Gasteiger partial charge is 0.493 e. The van der Waals surface area contributed by atoms with Gasteiger partial charge in [0.2, 0.25) is 0 Å². The number of nitrogens with zero attached hydrogens (tertiary/aromatic N) is 3. The fourth-order valence-electron chi connectivity index (χ4n) is 3.62. The summed E-state index contributed by atoms with van der Waals surface area (Å²) < 4.78 is 12.6. The zero-order valence-electron chi connectivity index (χ0n) is 18.1. The van der Waals surface area contributed by atoms with E-state index in [1.807, 2.05) is 66.9 Å². The van der Waals surface area contributed by atoms with Gasteiger partial charge in [-0.1, -0.05) is 29.8 Å². The van der Waals surface area contributed by atoms with Gasteiger partial charge in [-0.25, -0.2) is 4.98 Å². The highest BCUT2D eigenvalue weighted by Gasteiger charge is 2.15. The van der Waals surface area contributed by atoms with E-state index >= 15 is 0 Å². The molecule has 0 spiro atoms. The number of methoxy groups -OCH3 is 2. The highest BCUT2D eigenvalue weighted by Crippen LogP contribution is 2.29. The lowest BCUT2D eigenvalue weighted by atomic mass is 10.1. The van der Waals surface area contributed by atoms with Crippen molar-refractivity contribution >= 4 is 23.1 Å². The highest BCUT2D eigenvalue weighted by molar-refractivity contribution is 6.30. The molecule has 1 N–H and O–H groups in total. The van der Waals surface area contributed by atoms with Crippen molar-refractivity contribution in [1.82, 2.24) is 14.6 Å². The Balaban J connectivity index is 1.59. The van der Waals surface area contributed by atoms with Gasteiger partial charge in [0.1, 0.15) is 5.82 Å². The van der Waals surface area contributed by atoms with Crippen LogP contribution in [0, 0.1) is 13.8 Å². The Morgan fingerprint density at radius 3 is 2.42 bits per heavy atom. The average molecular weight is 437 g/mol. The number of halogens is 1. The van der Waals surface area contributed by atoms with Gasteiger partial charge in [0.05, 0.1) is 19.9 Å². The van der Waals surface area contributed by atoms with Crippen LogP contribution in [0.2, 0.25) is 5.02 Å². The summed E-state index contributed by atoms with van der Waals surface area (Å²) in [6, 6.07) is 15.7. The van der Waals surface area contributed by atoms with Crippen molar-refractivity contribution in [3.05, 3.63) is 70.4 Å². The van der Waals surface area contributed by atoms with Crippen LogP contribution in [0.3, 0.4) is 0 Å². The lowest BCUT2D eigenvalue weighted by Crippen LogP contribution is -2.10. The molecule has 0 atom stereocenters. The summed E-state index contributed by atoms with van der Waals surface area (Å²) in [4.78, 5) is 4.71. The van der Waals surface area contributed by atoms with Gasteiger partial charge in [-0.05, 0) is 50.1 Å². The van der Waals surface area contributed by atoms with Crippen molar-refractivity contribution in [3.8, 4) is 22.8 Å². The minimum Gasteiger partial charge on any atom is -0.493 e. The quantitative estimate of drug-likeness (QED) is 0.423. The van der Waals surface area contributed by atoms with E-state index in [2.05, 4.69) is 5.32 Å². The Labute approximate surface area is 186 Å². The fraction of sp³-hybridized carbons (Fsp3) is 0.250. The molecule has 2 aromatic carbocycles. The van der Waals surface area contributed by atoms with Crippen LogP contribution in [0.25, 0.3) is 16.9 Å². The molecule has 31 heavy (non-hydrogen) atoms. The van der Waals surface area contributed by atoms with E-state index in [1.165, 1.54) is 0 Å². The molecule has 0 aliphatic rings. The number of nitrogens with one attached hydrogen (secondary N) is 1. The summed E-state index contributed by atoms with van der Waals surface area (Å²) >= 11 is 6.04. The Bertz CT molecular complexity index is 1220. The molecule has 7 heteroatoms. The van der Waals surface area contributed by atoms with Crippen LogP contribution in [-0.4, -0.2) is 35.4 Å². The lowest BCUT2D eigenvalue weighted by Gasteiger charge is -2.11. The number of fused-ring (bicyclic) bond motifs is 1. The van der Waals surface area contributed by atoms with E-state index in [-0.39, 0.29) is 0 Å². The number of aryl methyl sites for hydroxylation is 2. The van der Waals surface area contributed by atoms with Crippen molar-refractivity contribution in [1.29, 1.82) is 0 Å². The Morgan fingerprint density at radius 1 is 0.968 bits per heavy atom. The molecule has 4 aromatic rings. The first-order valence-corrected chi connectivity index (χ1v) is 10.5. The second kappa shape index (κ2) is 8.86. The normalized spacial score (nSPS) is 11.0. The number of benzene rings is 2. The van der Waals surface area contributed by atoms with Gasteiger partial charge >= 0.3 is 0 Å². The van der Waals surface area contributed by atoms with Gasteiger partial charge in [0, 0.05) is 34.5 Å². The zero-order chi connectivity index (χ0) is 22.0. The second-order valence-electron chi connectivity index (χ2n) is 7.36. The van der Waals surface area contributed by atoms with Gasteiger partial charge in [-0.2, -0.15) is 9.61 Å². The van der Waals surface area contributed by atoms with Gasteiger partial charge in [0.25, 0.3) is 0 Å². The van der Waals surface area contributed by atoms with Crippen molar-refractivity contribution in [3.63, 3.8) is 0 Å². The molecular formula is C24H25ClN4O2. The molecule has 0 saturated carbocycles. The molecule has 2 aromatic heterocycles. The Morgan fingerprint density at radius 2 is 1.71 bits per heavy atom. The standard InChI is InChI=1S/C24H25ClN4O2/c1-15-13-22(26-12-11-17-5-10-20(30-3)21(14-17)31-4)29-24(27-15)16(2)23(28-29)18-6-8-19(25)9-7-18/h5-10,13-14,26H,11-12H2,1-4H3. The van der Waals surface area contributed by atoms with Gasteiger partial charge in [-0.3, -0.25) is 0 Å². The van der Waals surface area contributed by atoms with Crippen LogP contribution >= 0.6 is 11.6 Å². The van der Waals surface area contributed by atoms with Crippen molar-refractivity contribution < 1.29 is 9.47 Å². The van der Waals surface area contributed by atoms with E-state index in [9.17, 15) is 0 Å². The number of anilines is 1. The SMILES string of the molecule is COc1ccc(CCNc2cc(C)nc3c(C)c(-c4ccc(Cl)cc4)nn23)cc1OC. The summed E-state index contributed by atoms with van der Waals surface area (Å²) in [5.41, 5.74) is 5.89. The van der Waals surface area contributed by atoms with Gasteiger partial charge in [0.15, 0.2) is 17.1 Å². The van der Waals surface area contributed by atoms with Gasteiger partial charge < -0.3 is 14.8 Å². The molecule has 0 radical (unpaired) electrons. The van der Waals surface area contributed by atoms with E-state index in [0.29, 0.717) is 5.02 Å². The molecule has 0 bridgehead atoms. The number of ether oxygens (including phenoxy) is 2. The van der Waals surface area contributed by atoms with E-state index in [4.69, 9.17) is 31.2 Å². The van der Waals surface area contributed by atoms with E-state index in [1.54, 1.807) is 14.2 Å². The first-order valence-electron chi connectivity index (χ1n) is 10.1. The molecule has 6 nitrogen and oxygen atoms in total. The number of rotatable bonds is 7. The molecule has 2 heterocycles. The van der Waals surface area contributed by atoms with Crippen molar-refractivity contribution in [2.24, 2.45) is 0 Å². The topological polar surface area (TPSA) is 60.7 Å². The summed E-state index contributed by atoms with van der Waals surface area (Å²) in [6.07, 6.45) is 0.827. The predicted octanol–water partition coefficient (Wildman–Crippen LogP) is 5.34. The molecule has 0 amide bonds. The van der Waals surface area contributed by atoms with Gasteiger partial charge in [-0.15, -0.1) is 0 Å². The maximum absolute atomic E-state index is 6.04. The van der Waals surface area contributed by atoms with Crippen LogP contribution in [0.4, 0.5) is 5.82 Å². The average Bonchev–Trinajstić information content (AvgIpc) is 3.10.